The summed E-state index contributed by atoms with van der Waals surface area (Å²) in [5.74, 6) is 0.930. The molecule has 1 aromatic carbocycles. The molecule has 0 heterocycles. The van der Waals surface area contributed by atoms with E-state index in [0.717, 1.165) is 38.5 Å². The van der Waals surface area contributed by atoms with Crippen LogP contribution in [0.4, 0.5) is 0 Å². The van der Waals surface area contributed by atoms with Crippen molar-refractivity contribution in [2.24, 2.45) is 50.2 Å². The average Bonchev–Trinajstić information content (AvgIpc) is 2.96. The third-order valence-corrected chi connectivity index (χ3v) is 14.9. The third-order valence-electron chi connectivity index (χ3n) is 14.9. The highest BCUT2D eigenvalue weighted by atomic mass is 16.5. The molecule has 242 valence electrons. The minimum atomic E-state index is -0.377. The van der Waals surface area contributed by atoms with Gasteiger partial charge in [-0.25, -0.2) is 4.79 Å². The van der Waals surface area contributed by atoms with Gasteiger partial charge in [0.15, 0.2) is 11.5 Å². The van der Waals surface area contributed by atoms with Gasteiger partial charge < -0.3 is 20.1 Å². The van der Waals surface area contributed by atoms with Crippen LogP contribution in [0.5, 0.6) is 11.5 Å². The first-order valence-electron chi connectivity index (χ1n) is 17.2. The van der Waals surface area contributed by atoms with Crippen molar-refractivity contribution in [2.45, 2.75) is 119 Å². The van der Waals surface area contributed by atoms with E-state index in [1.165, 1.54) is 43.9 Å². The lowest BCUT2D eigenvalue weighted by Gasteiger charge is -2.71. The molecule has 5 aliphatic rings. The van der Waals surface area contributed by atoms with E-state index >= 15 is 0 Å². The molecule has 9 unspecified atom stereocenters. The number of benzene rings is 1. The van der Waals surface area contributed by atoms with Crippen LogP contribution in [-0.4, -0.2) is 34.0 Å². The van der Waals surface area contributed by atoms with Crippen molar-refractivity contribution in [3.05, 3.63) is 41.5 Å². The van der Waals surface area contributed by atoms with E-state index in [-0.39, 0.29) is 56.1 Å². The number of hydrogen-bond donors (Lipinski definition) is 3. The molecule has 0 radical (unpaired) electrons. The Morgan fingerprint density at radius 3 is 2.36 bits per heavy atom. The van der Waals surface area contributed by atoms with E-state index in [1.54, 1.807) is 17.7 Å². The number of carbonyl (C=O) groups is 1. The van der Waals surface area contributed by atoms with Crippen LogP contribution in [0.2, 0.25) is 0 Å². The van der Waals surface area contributed by atoms with Gasteiger partial charge in [-0.05, 0) is 133 Å². The number of ether oxygens (including phenoxy) is 1. The van der Waals surface area contributed by atoms with Gasteiger partial charge in [0.25, 0.3) is 0 Å². The van der Waals surface area contributed by atoms with E-state index in [1.807, 2.05) is 0 Å². The number of allylic oxidation sites excluding steroid dienone is 2. The topological polar surface area (TPSA) is 87.0 Å². The second-order valence-electron chi connectivity index (χ2n) is 17.6. The zero-order valence-electron chi connectivity index (χ0n) is 28.2. The molecule has 0 saturated heterocycles. The molecule has 4 saturated carbocycles. The van der Waals surface area contributed by atoms with Crippen molar-refractivity contribution in [1.82, 2.24) is 0 Å². The van der Waals surface area contributed by atoms with Gasteiger partial charge in [-0.15, -0.1) is 0 Å². The monoisotopic (exact) mass is 604 g/mol. The molecule has 3 N–H and O–H groups in total. The Morgan fingerprint density at radius 2 is 1.64 bits per heavy atom. The van der Waals surface area contributed by atoms with Gasteiger partial charge in [0, 0.05) is 11.5 Å². The lowest BCUT2D eigenvalue weighted by molar-refractivity contribution is -0.203. The second-order valence-corrected chi connectivity index (χ2v) is 17.6. The summed E-state index contributed by atoms with van der Waals surface area (Å²) in [5.41, 5.74) is 3.18. The summed E-state index contributed by atoms with van der Waals surface area (Å²) in [5, 5.41) is 30.3. The van der Waals surface area contributed by atoms with Crippen molar-refractivity contribution in [3.8, 4) is 11.5 Å². The molecule has 0 amide bonds. The van der Waals surface area contributed by atoms with Crippen molar-refractivity contribution in [3.63, 3.8) is 0 Å². The molecule has 0 spiro atoms. The van der Waals surface area contributed by atoms with Crippen molar-refractivity contribution < 1.29 is 24.9 Å². The van der Waals surface area contributed by atoms with Crippen LogP contribution in [0.3, 0.4) is 0 Å². The average molecular weight is 605 g/mol. The van der Waals surface area contributed by atoms with E-state index < -0.39 is 0 Å². The van der Waals surface area contributed by atoms with Gasteiger partial charge in [-0.2, -0.15) is 0 Å². The van der Waals surface area contributed by atoms with Gasteiger partial charge in [0.1, 0.15) is 0 Å². The molecule has 1 aromatic rings. The Balaban J connectivity index is 1.22. The van der Waals surface area contributed by atoms with Crippen LogP contribution in [-0.2, 0) is 9.53 Å². The van der Waals surface area contributed by atoms with Crippen LogP contribution in [0, 0.1) is 50.2 Å². The Labute approximate surface area is 265 Å². The summed E-state index contributed by atoms with van der Waals surface area (Å²) in [6.45, 7) is 17.7. The Hall–Kier alpha value is -2.27. The van der Waals surface area contributed by atoms with Gasteiger partial charge >= 0.3 is 5.97 Å². The summed E-state index contributed by atoms with van der Waals surface area (Å²) in [4.78, 5) is 12.7. The van der Waals surface area contributed by atoms with Crippen molar-refractivity contribution in [1.29, 1.82) is 0 Å². The minimum absolute atomic E-state index is 0.0337. The highest BCUT2D eigenvalue weighted by Crippen LogP contribution is 2.75. The number of carbonyl (C=O) groups excluding carboxylic acids is 1. The second kappa shape index (κ2) is 10.4. The molecule has 0 aliphatic heterocycles. The van der Waals surface area contributed by atoms with Crippen LogP contribution in [0.15, 0.2) is 35.9 Å². The smallest absolute Gasteiger partial charge is 0.330 e. The fraction of sp³-hybridized carbons (Fsp3) is 0.718. The lowest BCUT2D eigenvalue weighted by atomic mass is 9.33. The summed E-state index contributed by atoms with van der Waals surface area (Å²) in [7, 11) is 0. The molecule has 5 heteroatoms. The zero-order chi connectivity index (χ0) is 31.9. The molecule has 0 bridgehead atoms. The van der Waals surface area contributed by atoms with E-state index in [9.17, 15) is 20.1 Å². The van der Waals surface area contributed by atoms with Crippen LogP contribution in [0.25, 0.3) is 6.08 Å². The number of aliphatic hydroxyl groups excluding tert-OH is 1. The maximum absolute atomic E-state index is 12.7. The van der Waals surface area contributed by atoms with Crippen LogP contribution < -0.4 is 0 Å². The van der Waals surface area contributed by atoms with Gasteiger partial charge in [0.05, 0.1) is 12.7 Å². The van der Waals surface area contributed by atoms with Gasteiger partial charge in [-0.1, -0.05) is 66.2 Å². The number of esters is 1. The number of rotatable bonds is 4. The summed E-state index contributed by atoms with van der Waals surface area (Å²) in [6, 6.07) is 4.49. The minimum Gasteiger partial charge on any atom is -0.504 e. The fourth-order valence-corrected chi connectivity index (χ4v) is 11.6. The number of phenolic OH excluding ortho intramolecular Hbond substituents is 2. The predicted molar refractivity (Wildman–Crippen MR) is 175 cm³/mol. The predicted octanol–water partition coefficient (Wildman–Crippen LogP) is 8.82. The third kappa shape index (κ3) is 4.69. The zero-order valence-corrected chi connectivity index (χ0v) is 28.2. The molecule has 5 aliphatic carbocycles. The molecule has 4 fully saturated rings. The highest BCUT2D eigenvalue weighted by Gasteiger charge is 2.68. The molecule has 6 rings (SSSR count). The Kier molecular flexibility index (Phi) is 7.47. The maximum Gasteiger partial charge on any atom is 0.330 e. The number of aliphatic hydroxyl groups is 1. The quantitative estimate of drug-likeness (QED) is 0.138. The van der Waals surface area contributed by atoms with Crippen molar-refractivity contribution >= 4 is 12.0 Å². The lowest BCUT2D eigenvalue weighted by Crippen LogP contribution is -2.64. The summed E-state index contributed by atoms with van der Waals surface area (Å²) >= 11 is 0. The van der Waals surface area contributed by atoms with E-state index in [4.69, 9.17) is 4.74 Å². The molecule has 44 heavy (non-hydrogen) atoms. The van der Waals surface area contributed by atoms with Gasteiger partial charge in [0.2, 0.25) is 0 Å². The fourth-order valence-electron chi connectivity index (χ4n) is 11.6. The largest absolute Gasteiger partial charge is 0.504 e. The number of hydrogen-bond acceptors (Lipinski definition) is 5. The van der Waals surface area contributed by atoms with E-state index in [0.29, 0.717) is 29.9 Å². The van der Waals surface area contributed by atoms with Crippen molar-refractivity contribution in [2.75, 3.05) is 6.61 Å². The molecule has 9 atom stereocenters. The first kappa shape index (κ1) is 31.7. The Bertz CT molecular complexity index is 1380. The number of fused-ring (bicyclic) bond motifs is 7. The van der Waals surface area contributed by atoms with Crippen LogP contribution >= 0.6 is 0 Å². The van der Waals surface area contributed by atoms with Crippen LogP contribution in [0.1, 0.15) is 118 Å². The summed E-state index contributed by atoms with van der Waals surface area (Å²) < 4.78 is 5.86. The maximum atomic E-state index is 12.7. The molecular weight excluding hydrogens is 548 g/mol. The molecule has 0 aromatic heterocycles. The van der Waals surface area contributed by atoms with Gasteiger partial charge in [-0.3, -0.25) is 0 Å². The summed E-state index contributed by atoms with van der Waals surface area (Å²) in [6.07, 6.45) is 17.0. The highest BCUT2D eigenvalue weighted by molar-refractivity contribution is 5.87. The SMILES string of the molecule is CC1(COC(=O)C=Cc2ccc(O)c(O)c2)CCC2(C)CCC3(C)C(=CCC4C5(C)CCC(O)C(C)(C)C5CCC43C)C2C1. The first-order valence-corrected chi connectivity index (χ1v) is 17.2. The normalized spacial score (nSPS) is 44.5. The molecular formula is C39H56O5. The first-order chi connectivity index (χ1) is 20.5. The molecule has 5 nitrogen and oxygen atoms in total. The van der Waals surface area contributed by atoms with E-state index in [2.05, 4.69) is 54.5 Å². The Morgan fingerprint density at radius 1 is 0.909 bits per heavy atom. The number of aromatic hydroxyl groups is 2. The standard InChI is InChI=1S/C39H56O5/c1-34(2)30-14-17-39(7)31(37(30,5)16-15-32(34)42)12-10-26-27-23-35(3,18-19-36(27,4)20-21-38(26,39)6)24-44-33(43)13-9-25-8-11-28(40)29(41)22-25/h8-11,13,22,27,30-32,40-42H,12,14-21,23-24H2,1-7H3. The number of phenols is 2.